The minimum Gasteiger partial charge on any atom is -0.480 e. The smallest absolute Gasteiger partial charge is 0.327 e. The van der Waals surface area contributed by atoms with Gasteiger partial charge in [0.1, 0.15) is 6.04 Å². The van der Waals surface area contributed by atoms with Gasteiger partial charge in [0.05, 0.1) is 5.75 Å². The highest BCUT2D eigenvalue weighted by molar-refractivity contribution is 8.00. The molecule has 7 heteroatoms. The van der Waals surface area contributed by atoms with Crippen LogP contribution in [0.15, 0.2) is 0 Å². The van der Waals surface area contributed by atoms with E-state index in [0.717, 1.165) is 12.8 Å². The Balaban J connectivity index is 4.01. The quantitative estimate of drug-likeness (QED) is 0.578. The zero-order valence-corrected chi connectivity index (χ0v) is 12.4. The van der Waals surface area contributed by atoms with Crippen molar-refractivity contribution < 1.29 is 19.5 Å². The first-order valence-electron chi connectivity index (χ1n) is 6.27. The molecule has 0 aromatic carbocycles. The number of carbonyl (C=O) groups is 3. The molecule has 6 nitrogen and oxygen atoms in total. The fourth-order valence-electron chi connectivity index (χ4n) is 1.45. The zero-order chi connectivity index (χ0) is 14.8. The molecule has 1 unspecified atom stereocenters. The molecule has 110 valence electrons. The summed E-state index contributed by atoms with van der Waals surface area (Å²) in [5, 5.41) is 14.1. The molecule has 0 bridgehead atoms. The molecule has 3 N–H and O–H groups in total. The first-order valence-corrected chi connectivity index (χ1v) is 7.43. The second-order valence-corrected chi connectivity index (χ2v) is 5.22. The Bertz CT molecular complexity index is 319. The molecule has 0 heterocycles. The number of hydrogen-bond donors (Lipinski definition) is 3. The van der Waals surface area contributed by atoms with E-state index >= 15 is 0 Å². The molecular formula is C12H22N2O4S. The fraction of sp³-hybridized carbons (Fsp3) is 0.750. The van der Waals surface area contributed by atoms with Gasteiger partial charge in [0.15, 0.2) is 0 Å². The van der Waals surface area contributed by atoms with Gasteiger partial charge in [0, 0.05) is 18.7 Å². The SMILES string of the molecule is CCC(CC)NC(=O)CSCC(NC(C)=O)C(=O)O. The van der Waals surface area contributed by atoms with Crippen molar-refractivity contribution in [2.75, 3.05) is 11.5 Å². The van der Waals surface area contributed by atoms with Gasteiger partial charge in [0.2, 0.25) is 11.8 Å². The summed E-state index contributed by atoms with van der Waals surface area (Å²) in [6, 6.07) is -0.790. The Morgan fingerprint density at radius 1 is 1.16 bits per heavy atom. The third-order valence-electron chi connectivity index (χ3n) is 2.54. The number of thioether (sulfide) groups is 1. The van der Waals surface area contributed by atoms with Crippen molar-refractivity contribution in [3.05, 3.63) is 0 Å². The fourth-order valence-corrected chi connectivity index (χ4v) is 2.30. The van der Waals surface area contributed by atoms with Crippen molar-refractivity contribution in [1.29, 1.82) is 0 Å². The maximum atomic E-state index is 11.6. The summed E-state index contributed by atoms with van der Waals surface area (Å²) < 4.78 is 0. The van der Waals surface area contributed by atoms with Gasteiger partial charge < -0.3 is 15.7 Å². The Morgan fingerprint density at radius 3 is 2.16 bits per heavy atom. The maximum Gasteiger partial charge on any atom is 0.327 e. The summed E-state index contributed by atoms with van der Waals surface area (Å²) >= 11 is 1.20. The highest BCUT2D eigenvalue weighted by Gasteiger charge is 2.18. The number of aliphatic carboxylic acids is 1. The van der Waals surface area contributed by atoms with Crippen LogP contribution in [0, 0.1) is 0 Å². The topological polar surface area (TPSA) is 95.5 Å². The van der Waals surface area contributed by atoms with Gasteiger partial charge in [-0.1, -0.05) is 13.8 Å². The normalized spacial score (nSPS) is 12.0. The van der Waals surface area contributed by atoms with Gasteiger partial charge >= 0.3 is 5.97 Å². The average molecular weight is 290 g/mol. The molecule has 19 heavy (non-hydrogen) atoms. The maximum absolute atomic E-state index is 11.6. The Labute approximate surface area is 117 Å². The summed E-state index contributed by atoms with van der Waals surface area (Å²) in [4.78, 5) is 33.2. The molecule has 0 fully saturated rings. The molecular weight excluding hydrogens is 268 g/mol. The minimum absolute atomic E-state index is 0.106. The van der Waals surface area contributed by atoms with Crippen molar-refractivity contribution in [3.8, 4) is 0 Å². The lowest BCUT2D eigenvalue weighted by Crippen LogP contribution is -2.42. The van der Waals surface area contributed by atoms with Gasteiger partial charge in [-0.2, -0.15) is 0 Å². The van der Waals surface area contributed by atoms with E-state index in [0.29, 0.717) is 0 Å². The van der Waals surface area contributed by atoms with Crippen LogP contribution in [0.25, 0.3) is 0 Å². The van der Waals surface area contributed by atoms with Gasteiger partial charge in [0.25, 0.3) is 0 Å². The number of carboxylic acid groups (broad SMARTS) is 1. The number of rotatable bonds is 9. The molecule has 2 amide bonds. The van der Waals surface area contributed by atoms with Crippen LogP contribution < -0.4 is 10.6 Å². The molecule has 0 saturated carbocycles. The summed E-state index contributed by atoms with van der Waals surface area (Å²) in [5.41, 5.74) is 0. The van der Waals surface area contributed by atoms with Crippen molar-refractivity contribution in [3.63, 3.8) is 0 Å². The van der Waals surface area contributed by atoms with Crippen LogP contribution in [0.4, 0.5) is 0 Å². The van der Waals surface area contributed by atoms with Gasteiger partial charge in [-0.3, -0.25) is 9.59 Å². The minimum atomic E-state index is -1.09. The van der Waals surface area contributed by atoms with Crippen LogP contribution in [-0.2, 0) is 14.4 Å². The average Bonchev–Trinajstić information content (AvgIpc) is 2.34. The second kappa shape index (κ2) is 9.66. The largest absolute Gasteiger partial charge is 0.480 e. The molecule has 0 aromatic heterocycles. The molecule has 0 aliphatic carbocycles. The van der Waals surface area contributed by atoms with Crippen molar-refractivity contribution in [2.45, 2.75) is 45.7 Å². The van der Waals surface area contributed by atoms with Crippen molar-refractivity contribution >= 4 is 29.5 Å². The standard InChI is InChI=1S/C12H22N2O4S/c1-4-9(5-2)14-11(16)7-19-6-10(12(17)18)13-8(3)15/h9-10H,4-7H2,1-3H3,(H,13,15)(H,14,16)(H,17,18). The summed E-state index contributed by atoms with van der Waals surface area (Å²) in [6.45, 7) is 5.26. The Hall–Kier alpha value is -1.24. The third-order valence-corrected chi connectivity index (χ3v) is 3.58. The molecule has 0 spiro atoms. The number of nitrogens with one attached hydrogen (secondary N) is 2. The highest BCUT2D eigenvalue weighted by atomic mass is 32.2. The molecule has 0 rings (SSSR count). The monoisotopic (exact) mass is 290 g/mol. The predicted octanol–water partition coefficient (Wildman–Crippen LogP) is 0.614. The van der Waals surface area contributed by atoms with Crippen LogP contribution >= 0.6 is 11.8 Å². The van der Waals surface area contributed by atoms with Crippen LogP contribution in [0.5, 0.6) is 0 Å². The van der Waals surface area contributed by atoms with Crippen LogP contribution in [0.2, 0.25) is 0 Å². The second-order valence-electron chi connectivity index (χ2n) is 4.19. The van der Waals surface area contributed by atoms with E-state index in [9.17, 15) is 14.4 Å². The van der Waals surface area contributed by atoms with Gasteiger partial charge in [-0.15, -0.1) is 11.8 Å². The van der Waals surface area contributed by atoms with Crippen LogP contribution in [0.3, 0.4) is 0 Å². The summed E-state index contributed by atoms with van der Waals surface area (Å²) in [7, 11) is 0. The zero-order valence-electron chi connectivity index (χ0n) is 11.6. The lowest BCUT2D eigenvalue weighted by molar-refractivity contribution is -0.140. The first-order chi connectivity index (χ1) is 8.90. The molecule has 0 saturated heterocycles. The molecule has 1 atom stereocenters. The predicted molar refractivity (Wildman–Crippen MR) is 75.1 cm³/mol. The molecule has 0 aliphatic heterocycles. The van der Waals surface area contributed by atoms with E-state index in [1.54, 1.807) is 0 Å². The Kier molecular flexibility index (Phi) is 9.03. The third kappa shape index (κ3) is 8.47. The number of amides is 2. The van der Waals surface area contributed by atoms with E-state index in [-0.39, 0.29) is 23.5 Å². The summed E-state index contributed by atoms with van der Waals surface area (Å²) in [6.07, 6.45) is 1.74. The molecule has 0 aromatic rings. The Morgan fingerprint density at radius 2 is 1.74 bits per heavy atom. The molecule has 0 aliphatic rings. The number of carbonyl (C=O) groups excluding carboxylic acids is 2. The van der Waals surface area contributed by atoms with E-state index in [1.807, 2.05) is 13.8 Å². The van der Waals surface area contributed by atoms with Crippen LogP contribution in [0.1, 0.15) is 33.6 Å². The molecule has 0 radical (unpaired) electrons. The van der Waals surface area contributed by atoms with Crippen molar-refractivity contribution in [2.24, 2.45) is 0 Å². The van der Waals surface area contributed by atoms with E-state index in [4.69, 9.17) is 5.11 Å². The number of carboxylic acids is 1. The number of hydrogen-bond acceptors (Lipinski definition) is 4. The summed E-state index contributed by atoms with van der Waals surface area (Å²) in [5.74, 6) is -1.23. The highest BCUT2D eigenvalue weighted by Crippen LogP contribution is 2.04. The van der Waals surface area contributed by atoms with Crippen molar-refractivity contribution in [1.82, 2.24) is 10.6 Å². The van der Waals surface area contributed by atoms with E-state index < -0.39 is 17.9 Å². The van der Waals surface area contributed by atoms with Gasteiger partial charge in [-0.25, -0.2) is 4.79 Å². The lowest BCUT2D eigenvalue weighted by Gasteiger charge is -2.15. The van der Waals surface area contributed by atoms with E-state index in [1.165, 1.54) is 18.7 Å². The lowest BCUT2D eigenvalue weighted by atomic mass is 10.2. The first kappa shape index (κ1) is 17.8. The van der Waals surface area contributed by atoms with E-state index in [2.05, 4.69) is 10.6 Å². The van der Waals surface area contributed by atoms with Gasteiger partial charge in [-0.05, 0) is 12.8 Å². The van der Waals surface area contributed by atoms with Crippen LogP contribution in [-0.4, -0.2) is 46.5 Å².